The van der Waals surface area contributed by atoms with Crippen molar-refractivity contribution in [1.82, 2.24) is 0 Å². The van der Waals surface area contributed by atoms with Crippen LogP contribution in [0.1, 0.15) is 48.6 Å². The number of hydrogen-bond acceptors (Lipinski definition) is 6. The molecule has 3 aliphatic rings. The number of methoxy groups -OCH3 is 2. The fourth-order valence-electron chi connectivity index (χ4n) is 7.94. The van der Waals surface area contributed by atoms with Gasteiger partial charge in [0.15, 0.2) is 17.1 Å². The monoisotopic (exact) mass is 639 g/mol. The maximum atomic E-state index is 7.52. The number of hydrogen-bond donors (Lipinski definition) is 0. The highest BCUT2D eigenvalue weighted by atomic mass is 16.5. The Labute approximate surface area is 282 Å². The highest BCUT2D eigenvalue weighted by Crippen LogP contribution is 2.59. The lowest BCUT2D eigenvalue weighted by Gasteiger charge is -2.39. The number of rotatable bonds is 7. The fourth-order valence-corrected chi connectivity index (χ4v) is 7.94. The minimum absolute atomic E-state index is 0.247. The summed E-state index contributed by atoms with van der Waals surface area (Å²) in [5, 5.41) is 2.08. The van der Waals surface area contributed by atoms with Gasteiger partial charge in [-0.1, -0.05) is 68.5 Å². The van der Waals surface area contributed by atoms with Gasteiger partial charge in [-0.3, -0.25) is 0 Å². The number of nitrogens with zero attached hydrogens (tertiary/aromatic N) is 1. The molecule has 6 heteroatoms. The molecular weight excluding hydrogens is 598 g/mol. The maximum absolute atomic E-state index is 7.52. The van der Waals surface area contributed by atoms with Crippen LogP contribution in [0.3, 0.4) is 0 Å². The van der Waals surface area contributed by atoms with Crippen molar-refractivity contribution in [3.05, 3.63) is 119 Å². The SMILES string of the molecule is CCOc1cc2c3c(c4c(c2cc1OC)OC(c1ccc(OC)cc1)(c1ccc(N2CCOCC2)cc1)C=C4)C(C)(C)c1ccccc1-3. The van der Waals surface area contributed by atoms with Crippen molar-refractivity contribution < 1.29 is 23.7 Å². The van der Waals surface area contributed by atoms with Gasteiger partial charge in [0, 0.05) is 46.3 Å². The predicted molar refractivity (Wildman–Crippen MR) is 192 cm³/mol. The summed E-state index contributed by atoms with van der Waals surface area (Å²) in [7, 11) is 3.39. The topological polar surface area (TPSA) is 49.4 Å². The van der Waals surface area contributed by atoms with E-state index in [4.69, 9.17) is 23.7 Å². The molecule has 244 valence electrons. The van der Waals surface area contributed by atoms with E-state index in [9.17, 15) is 0 Å². The molecule has 0 radical (unpaired) electrons. The molecule has 0 spiro atoms. The Morgan fingerprint density at radius 2 is 1.48 bits per heavy atom. The van der Waals surface area contributed by atoms with Gasteiger partial charge in [0.2, 0.25) is 0 Å². The van der Waals surface area contributed by atoms with E-state index in [1.54, 1.807) is 14.2 Å². The Bertz CT molecular complexity index is 2040. The van der Waals surface area contributed by atoms with Crippen LogP contribution in [0.25, 0.3) is 28.0 Å². The molecule has 1 saturated heterocycles. The Morgan fingerprint density at radius 1 is 0.792 bits per heavy atom. The minimum Gasteiger partial charge on any atom is -0.497 e. The first kappa shape index (κ1) is 30.4. The molecule has 0 aromatic heterocycles. The molecule has 48 heavy (non-hydrogen) atoms. The summed E-state index contributed by atoms with van der Waals surface area (Å²) < 4.78 is 30.7. The molecule has 5 aromatic rings. The van der Waals surface area contributed by atoms with E-state index in [1.807, 2.05) is 19.1 Å². The minimum atomic E-state index is -0.897. The summed E-state index contributed by atoms with van der Waals surface area (Å²) in [5.74, 6) is 3.04. The molecule has 0 saturated carbocycles. The van der Waals surface area contributed by atoms with Crippen LogP contribution in [-0.2, 0) is 15.8 Å². The third-order valence-electron chi connectivity index (χ3n) is 10.3. The molecule has 2 aliphatic heterocycles. The second kappa shape index (κ2) is 11.6. The van der Waals surface area contributed by atoms with E-state index in [2.05, 4.69) is 104 Å². The summed E-state index contributed by atoms with van der Waals surface area (Å²) >= 11 is 0. The van der Waals surface area contributed by atoms with Gasteiger partial charge in [-0.05, 0) is 77.0 Å². The van der Waals surface area contributed by atoms with Crippen LogP contribution in [0.5, 0.6) is 23.0 Å². The molecule has 0 amide bonds. The standard InChI is InChI=1S/C42H41NO5/c1-6-47-37-25-33-34(26-36(37)45-5)40-32(39-38(33)31-9-7-8-10-35(31)41(39,2)3)19-20-42(48-40,28-13-17-30(44-4)18-14-28)27-11-15-29(16-12-27)43-21-23-46-24-22-43/h7-20,25-26H,6,21-24H2,1-5H3. The van der Waals surface area contributed by atoms with E-state index in [0.29, 0.717) is 12.4 Å². The lowest BCUT2D eigenvalue weighted by Crippen LogP contribution is -2.37. The smallest absolute Gasteiger partial charge is 0.178 e. The van der Waals surface area contributed by atoms with Gasteiger partial charge < -0.3 is 28.6 Å². The van der Waals surface area contributed by atoms with Gasteiger partial charge in [0.1, 0.15) is 11.5 Å². The molecule has 2 heterocycles. The number of ether oxygens (including phenoxy) is 5. The van der Waals surface area contributed by atoms with Crippen molar-refractivity contribution in [2.75, 3.05) is 52.0 Å². The van der Waals surface area contributed by atoms with Gasteiger partial charge in [0.25, 0.3) is 0 Å². The molecule has 0 N–H and O–H groups in total. The number of fused-ring (bicyclic) bond motifs is 8. The van der Waals surface area contributed by atoms with Crippen molar-refractivity contribution >= 4 is 22.5 Å². The van der Waals surface area contributed by atoms with Crippen molar-refractivity contribution in [2.45, 2.75) is 31.8 Å². The van der Waals surface area contributed by atoms with Crippen LogP contribution in [0, 0.1) is 0 Å². The summed E-state index contributed by atoms with van der Waals surface area (Å²) in [6.07, 6.45) is 4.52. The molecule has 0 bridgehead atoms. The first-order chi connectivity index (χ1) is 23.4. The molecule has 1 unspecified atom stereocenters. The molecule has 6 nitrogen and oxygen atoms in total. The average molecular weight is 640 g/mol. The lowest BCUT2D eigenvalue weighted by molar-refractivity contribution is 0.122. The van der Waals surface area contributed by atoms with Crippen LogP contribution < -0.4 is 23.8 Å². The summed E-state index contributed by atoms with van der Waals surface area (Å²) in [4.78, 5) is 2.37. The largest absolute Gasteiger partial charge is 0.497 e. The van der Waals surface area contributed by atoms with Crippen LogP contribution >= 0.6 is 0 Å². The zero-order valence-electron chi connectivity index (χ0n) is 28.3. The van der Waals surface area contributed by atoms with Crippen LogP contribution in [0.15, 0.2) is 91.0 Å². The highest BCUT2D eigenvalue weighted by Gasteiger charge is 2.44. The Balaban J connectivity index is 1.39. The summed E-state index contributed by atoms with van der Waals surface area (Å²) in [5.41, 5.74) is 8.24. The first-order valence-electron chi connectivity index (χ1n) is 16.8. The Morgan fingerprint density at radius 3 is 2.17 bits per heavy atom. The molecular formula is C42H41NO5. The third kappa shape index (κ3) is 4.57. The second-order valence-corrected chi connectivity index (χ2v) is 13.2. The molecule has 1 atom stereocenters. The van der Waals surface area contributed by atoms with Crippen LogP contribution in [0.2, 0.25) is 0 Å². The molecule has 5 aromatic carbocycles. The normalized spacial score (nSPS) is 18.9. The Hall–Kier alpha value is -4.94. The zero-order chi connectivity index (χ0) is 33.0. The van der Waals surface area contributed by atoms with Gasteiger partial charge in [0.05, 0.1) is 34.0 Å². The quantitative estimate of drug-likeness (QED) is 0.178. The van der Waals surface area contributed by atoms with Crippen LogP contribution in [0.4, 0.5) is 5.69 Å². The number of anilines is 1. The van der Waals surface area contributed by atoms with Crippen molar-refractivity contribution in [1.29, 1.82) is 0 Å². The zero-order valence-corrected chi connectivity index (χ0v) is 28.3. The number of morpholine rings is 1. The average Bonchev–Trinajstić information content (AvgIpc) is 3.38. The molecule has 1 aliphatic carbocycles. The second-order valence-electron chi connectivity index (χ2n) is 13.2. The van der Waals surface area contributed by atoms with E-state index in [1.165, 1.54) is 27.9 Å². The van der Waals surface area contributed by atoms with Crippen molar-refractivity contribution in [3.8, 4) is 34.1 Å². The van der Waals surface area contributed by atoms with E-state index >= 15 is 0 Å². The number of benzene rings is 5. The Kier molecular flexibility index (Phi) is 7.37. The molecule has 1 fully saturated rings. The fraction of sp³-hybridized carbons (Fsp3) is 0.286. The first-order valence-corrected chi connectivity index (χ1v) is 16.8. The molecule has 8 rings (SSSR count). The third-order valence-corrected chi connectivity index (χ3v) is 10.3. The van der Waals surface area contributed by atoms with Gasteiger partial charge in [-0.2, -0.15) is 0 Å². The van der Waals surface area contributed by atoms with Crippen molar-refractivity contribution in [2.24, 2.45) is 0 Å². The summed E-state index contributed by atoms with van der Waals surface area (Å²) in [6.45, 7) is 10.4. The maximum Gasteiger partial charge on any atom is 0.178 e. The van der Waals surface area contributed by atoms with E-state index < -0.39 is 5.60 Å². The van der Waals surface area contributed by atoms with E-state index in [-0.39, 0.29) is 5.41 Å². The predicted octanol–water partition coefficient (Wildman–Crippen LogP) is 8.75. The van der Waals surface area contributed by atoms with Gasteiger partial charge in [-0.15, -0.1) is 0 Å². The van der Waals surface area contributed by atoms with E-state index in [0.717, 1.165) is 71.0 Å². The lowest BCUT2D eigenvalue weighted by atomic mass is 9.76. The summed E-state index contributed by atoms with van der Waals surface area (Å²) in [6, 6.07) is 30.0. The van der Waals surface area contributed by atoms with Gasteiger partial charge in [-0.25, -0.2) is 0 Å². The van der Waals surface area contributed by atoms with Gasteiger partial charge >= 0.3 is 0 Å². The van der Waals surface area contributed by atoms with Crippen molar-refractivity contribution in [3.63, 3.8) is 0 Å². The highest BCUT2D eigenvalue weighted by molar-refractivity contribution is 6.09. The van der Waals surface area contributed by atoms with Crippen LogP contribution in [-0.4, -0.2) is 47.1 Å².